The van der Waals surface area contributed by atoms with Crippen molar-refractivity contribution in [3.8, 4) is 17.1 Å². The largest absolute Gasteiger partial charge is 0.399 e. The molecule has 3 N–H and O–H groups in total. The lowest BCUT2D eigenvalue weighted by atomic mass is 10.0. The zero-order valence-corrected chi connectivity index (χ0v) is 19.6. The van der Waals surface area contributed by atoms with Gasteiger partial charge in [0.05, 0.1) is 5.75 Å². The van der Waals surface area contributed by atoms with Gasteiger partial charge in [0.25, 0.3) is 0 Å². The molecule has 0 atom stereocenters. The predicted molar refractivity (Wildman–Crippen MR) is 136 cm³/mol. The summed E-state index contributed by atoms with van der Waals surface area (Å²) in [6, 6.07) is 23.6. The molecule has 0 radical (unpaired) electrons. The highest BCUT2D eigenvalue weighted by molar-refractivity contribution is 7.99. The number of hydrogen-bond donors (Lipinski definition) is 2. The Morgan fingerprint density at radius 2 is 1.64 bits per heavy atom. The van der Waals surface area contributed by atoms with Crippen molar-refractivity contribution in [1.29, 1.82) is 0 Å². The lowest BCUT2D eigenvalue weighted by Crippen LogP contribution is -2.17. The molecule has 0 aliphatic heterocycles. The third-order valence-corrected chi connectivity index (χ3v) is 6.32. The molecule has 1 aromatic heterocycles. The van der Waals surface area contributed by atoms with Gasteiger partial charge in [-0.2, -0.15) is 0 Å². The van der Waals surface area contributed by atoms with E-state index in [-0.39, 0.29) is 11.7 Å². The minimum absolute atomic E-state index is 0.0660. The Balaban J connectivity index is 1.60. The summed E-state index contributed by atoms with van der Waals surface area (Å²) in [5.41, 5.74) is 11.7. The van der Waals surface area contributed by atoms with Gasteiger partial charge in [0.2, 0.25) is 5.91 Å². The third kappa shape index (κ3) is 5.09. The van der Waals surface area contributed by atoms with Crippen LogP contribution in [0.2, 0.25) is 0 Å². The van der Waals surface area contributed by atoms with Crippen LogP contribution < -0.4 is 11.1 Å². The first-order chi connectivity index (χ1) is 16.1. The summed E-state index contributed by atoms with van der Waals surface area (Å²) in [7, 11) is 0. The van der Waals surface area contributed by atoms with Crippen LogP contribution in [0.1, 0.15) is 25.0 Å². The second kappa shape index (κ2) is 10.4. The average molecular weight is 458 g/mol. The molecule has 33 heavy (non-hydrogen) atoms. The van der Waals surface area contributed by atoms with Gasteiger partial charge in [-0.1, -0.05) is 74.1 Å². The zero-order chi connectivity index (χ0) is 23.2. The highest BCUT2D eigenvalue weighted by Gasteiger charge is 2.18. The number of nitrogens with zero attached hydrogens (tertiary/aromatic N) is 3. The van der Waals surface area contributed by atoms with Crippen LogP contribution in [-0.2, 0) is 17.6 Å². The molecule has 3 aromatic carbocycles. The van der Waals surface area contributed by atoms with Crippen LogP contribution >= 0.6 is 11.8 Å². The summed E-state index contributed by atoms with van der Waals surface area (Å²) in [4.78, 5) is 12.9. The van der Waals surface area contributed by atoms with Crippen LogP contribution in [0, 0.1) is 0 Å². The molecular formula is C26H27N5OS. The first-order valence-electron chi connectivity index (χ1n) is 11.0. The normalized spacial score (nSPS) is 10.8. The van der Waals surface area contributed by atoms with E-state index in [1.165, 1.54) is 11.8 Å². The molecular weight excluding hydrogens is 430 g/mol. The molecule has 1 heterocycles. The molecule has 0 bridgehead atoms. The number of benzene rings is 3. The number of carbonyl (C=O) groups is 1. The summed E-state index contributed by atoms with van der Waals surface area (Å²) in [6.45, 7) is 4.19. The molecule has 0 unspecified atom stereocenters. The number of aryl methyl sites for hydroxylation is 2. The molecule has 0 aliphatic carbocycles. The van der Waals surface area contributed by atoms with Gasteiger partial charge in [0.15, 0.2) is 11.0 Å². The summed E-state index contributed by atoms with van der Waals surface area (Å²) < 4.78 is 1.96. The smallest absolute Gasteiger partial charge is 0.234 e. The maximum Gasteiger partial charge on any atom is 0.234 e. The van der Waals surface area contributed by atoms with Gasteiger partial charge >= 0.3 is 0 Å². The van der Waals surface area contributed by atoms with Crippen molar-refractivity contribution < 1.29 is 4.79 Å². The molecule has 6 nitrogen and oxygen atoms in total. The Labute approximate surface area is 198 Å². The number of nitrogens with two attached hydrogens (primary N) is 1. The number of hydrogen-bond acceptors (Lipinski definition) is 5. The Morgan fingerprint density at radius 1 is 0.939 bits per heavy atom. The van der Waals surface area contributed by atoms with Crippen molar-refractivity contribution in [3.05, 3.63) is 83.9 Å². The van der Waals surface area contributed by atoms with Gasteiger partial charge < -0.3 is 11.1 Å². The topological polar surface area (TPSA) is 85.8 Å². The van der Waals surface area contributed by atoms with E-state index in [4.69, 9.17) is 5.73 Å². The molecule has 0 fully saturated rings. The molecule has 168 valence electrons. The second-order valence-electron chi connectivity index (χ2n) is 7.60. The molecule has 0 spiro atoms. The van der Waals surface area contributed by atoms with E-state index in [0.29, 0.717) is 16.7 Å². The minimum atomic E-state index is -0.0660. The first kappa shape index (κ1) is 22.6. The number of carbonyl (C=O) groups excluding carboxylic acids is 1. The van der Waals surface area contributed by atoms with Crippen molar-refractivity contribution in [2.45, 2.75) is 31.8 Å². The summed E-state index contributed by atoms with van der Waals surface area (Å²) in [5.74, 6) is 0.841. The van der Waals surface area contributed by atoms with Gasteiger partial charge in [-0.3, -0.25) is 9.36 Å². The van der Waals surface area contributed by atoms with E-state index < -0.39 is 0 Å². The van der Waals surface area contributed by atoms with Crippen molar-refractivity contribution in [2.24, 2.45) is 0 Å². The number of aromatic nitrogens is 3. The summed E-state index contributed by atoms with van der Waals surface area (Å²) in [5, 5.41) is 12.6. The van der Waals surface area contributed by atoms with Crippen LogP contribution in [0.25, 0.3) is 17.1 Å². The molecule has 4 rings (SSSR count). The zero-order valence-electron chi connectivity index (χ0n) is 18.8. The number of thioether (sulfide) groups is 1. The van der Waals surface area contributed by atoms with Crippen LogP contribution in [0.4, 0.5) is 11.4 Å². The van der Waals surface area contributed by atoms with Crippen LogP contribution in [0.5, 0.6) is 0 Å². The predicted octanol–water partition coefficient (Wildman–Crippen LogP) is 5.37. The quantitative estimate of drug-likeness (QED) is 0.274. The van der Waals surface area contributed by atoms with Crippen LogP contribution in [-0.4, -0.2) is 26.4 Å². The minimum Gasteiger partial charge on any atom is -0.399 e. The number of anilines is 2. The fourth-order valence-corrected chi connectivity index (χ4v) is 4.50. The van der Waals surface area contributed by atoms with E-state index in [0.717, 1.165) is 40.9 Å². The van der Waals surface area contributed by atoms with Crippen molar-refractivity contribution >= 4 is 29.0 Å². The molecule has 0 saturated carbocycles. The van der Waals surface area contributed by atoms with E-state index in [9.17, 15) is 4.79 Å². The van der Waals surface area contributed by atoms with Gasteiger partial charge in [-0.05, 0) is 48.2 Å². The molecule has 0 aliphatic rings. The molecule has 1 amide bonds. The fourth-order valence-electron chi connectivity index (χ4n) is 3.75. The number of amides is 1. The van der Waals surface area contributed by atoms with Gasteiger partial charge in [-0.15, -0.1) is 10.2 Å². The van der Waals surface area contributed by atoms with E-state index in [1.807, 2.05) is 65.2 Å². The van der Waals surface area contributed by atoms with E-state index in [2.05, 4.69) is 41.5 Å². The molecule has 7 heteroatoms. The third-order valence-electron chi connectivity index (χ3n) is 5.39. The average Bonchev–Trinajstić information content (AvgIpc) is 3.27. The Kier molecular flexibility index (Phi) is 7.10. The maximum atomic E-state index is 12.9. The highest BCUT2D eigenvalue weighted by Crippen LogP contribution is 2.29. The van der Waals surface area contributed by atoms with Gasteiger partial charge in [0, 0.05) is 22.6 Å². The Hall–Kier alpha value is -3.58. The number of nitrogen functional groups attached to an aromatic ring is 1. The lowest BCUT2D eigenvalue weighted by molar-refractivity contribution is -0.113. The van der Waals surface area contributed by atoms with E-state index in [1.54, 1.807) is 0 Å². The van der Waals surface area contributed by atoms with Gasteiger partial charge in [0.1, 0.15) is 0 Å². The number of nitrogens with one attached hydrogen (secondary N) is 1. The van der Waals surface area contributed by atoms with Crippen LogP contribution in [0.15, 0.2) is 78.0 Å². The Bertz CT molecular complexity index is 1230. The standard InChI is InChI=1S/C26H27N5OS/c1-3-18-10-8-11-19(4-2)24(18)28-23(32)17-33-26-30-29-25(20-12-9-13-21(27)16-20)31(26)22-14-6-5-7-15-22/h5-16H,3-4,17,27H2,1-2H3,(H,28,32). The summed E-state index contributed by atoms with van der Waals surface area (Å²) >= 11 is 1.36. The summed E-state index contributed by atoms with van der Waals surface area (Å²) in [6.07, 6.45) is 1.73. The highest BCUT2D eigenvalue weighted by atomic mass is 32.2. The van der Waals surface area contributed by atoms with Crippen LogP contribution in [0.3, 0.4) is 0 Å². The van der Waals surface area contributed by atoms with Crippen molar-refractivity contribution in [1.82, 2.24) is 14.8 Å². The Morgan fingerprint density at radius 3 is 2.30 bits per heavy atom. The van der Waals surface area contributed by atoms with E-state index >= 15 is 0 Å². The van der Waals surface area contributed by atoms with Crippen molar-refractivity contribution in [3.63, 3.8) is 0 Å². The first-order valence-corrected chi connectivity index (χ1v) is 12.0. The maximum absolute atomic E-state index is 12.9. The molecule has 0 saturated heterocycles. The fraction of sp³-hybridized carbons (Fsp3) is 0.192. The monoisotopic (exact) mass is 457 g/mol. The number of para-hydroxylation sites is 2. The number of rotatable bonds is 8. The SMILES string of the molecule is CCc1cccc(CC)c1NC(=O)CSc1nnc(-c2cccc(N)c2)n1-c1ccccc1. The lowest BCUT2D eigenvalue weighted by Gasteiger charge is -2.14. The van der Waals surface area contributed by atoms with Gasteiger partial charge in [-0.25, -0.2) is 0 Å². The second-order valence-corrected chi connectivity index (χ2v) is 8.54. The molecule has 4 aromatic rings. The van der Waals surface area contributed by atoms with Crippen molar-refractivity contribution in [2.75, 3.05) is 16.8 Å².